The summed E-state index contributed by atoms with van der Waals surface area (Å²) in [6, 6.07) is 15.1. The number of amides is 2. The van der Waals surface area contributed by atoms with E-state index in [-0.39, 0.29) is 0 Å². The van der Waals surface area contributed by atoms with Gasteiger partial charge in [-0.1, -0.05) is 18.2 Å². The summed E-state index contributed by atoms with van der Waals surface area (Å²) >= 11 is 0. The topological polar surface area (TPSA) is 53.5 Å². The first-order valence-corrected chi connectivity index (χ1v) is 11.0. The van der Waals surface area contributed by atoms with Crippen molar-refractivity contribution >= 4 is 23.1 Å². The lowest BCUT2D eigenvalue weighted by Crippen LogP contribution is -2.36. The van der Waals surface area contributed by atoms with Crippen LogP contribution in [0.2, 0.25) is 0 Å². The van der Waals surface area contributed by atoms with Gasteiger partial charge in [-0.25, -0.2) is 9.29 Å². The Balaban J connectivity index is 1.78. The molecule has 0 aliphatic carbocycles. The van der Waals surface area contributed by atoms with Crippen molar-refractivity contribution in [2.75, 3.05) is 18.0 Å². The fraction of sp³-hybridized carbons (Fsp3) is 0.222. The molecule has 0 spiro atoms. The van der Waals surface area contributed by atoms with Crippen molar-refractivity contribution in [1.82, 2.24) is 9.88 Å². The second-order valence-corrected chi connectivity index (χ2v) is 8.13. The predicted octanol–water partition coefficient (Wildman–Crippen LogP) is 4.69. The maximum Gasteiger partial charge on any atom is 0.282 e. The van der Waals surface area contributed by atoms with Crippen LogP contribution in [0.1, 0.15) is 29.2 Å². The summed E-state index contributed by atoms with van der Waals surface area (Å²) in [6.07, 6.45) is 4.19. The first-order valence-electron chi connectivity index (χ1n) is 11.0. The number of carbonyl (C=O) groups excluding carboxylic acids is 2. The van der Waals surface area contributed by atoms with E-state index in [1.165, 1.54) is 24.3 Å². The molecule has 1 aliphatic heterocycles. The largest absolute Gasteiger partial charge is 0.366 e. The summed E-state index contributed by atoms with van der Waals surface area (Å²) in [5.74, 6) is -1.21. The highest BCUT2D eigenvalue weighted by molar-refractivity contribution is 6.45. The molecule has 1 aromatic heterocycles. The van der Waals surface area contributed by atoms with Crippen LogP contribution in [-0.2, 0) is 16.0 Å². The number of benzene rings is 2. The molecule has 0 N–H and O–H groups in total. The number of nitrogens with zero attached hydrogens (tertiary/aromatic N) is 3. The molecule has 0 saturated carbocycles. The molecule has 0 fully saturated rings. The van der Waals surface area contributed by atoms with Crippen LogP contribution in [0.25, 0.3) is 5.57 Å². The van der Waals surface area contributed by atoms with Gasteiger partial charge >= 0.3 is 0 Å². The van der Waals surface area contributed by atoms with Crippen LogP contribution < -0.4 is 4.90 Å². The van der Waals surface area contributed by atoms with Crippen LogP contribution >= 0.6 is 0 Å². The van der Waals surface area contributed by atoms with Crippen molar-refractivity contribution < 1.29 is 14.0 Å². The van der Waals surface area contributed by atoms with E-state index in [2.05, 4.69) is 4.98 Å². The molecule has 2 amide bonds. The van der Waals surface area contributed by atoms with Gasteiger partial charge in [-0.3, -0.25) is 14.6 Å². The lowest BCUT2D eigenvalue weighted by molar-refractivity contribution is -0.120. The van der Waals surface area contributed by atoms with E-state index < -0.39 is 17.6 Å². The van der Waals surface area contributed by atoms with Crippen molar-refractivity contribution in [3.8, 4) is 0 Å². The van der Waals surface area contributed by atoms with E-state index in [1.807, 2.05) is 56.0 Å². The third kappa shape index (κ3) is 4.42. The van der Waals surface area contributed by atoms with Gasteiger partial charge in [0.25, 0.3) is 11.8 Å². The molecular formula is C27H26FN3O2. The number of halogens is 1. The maximum absolute atomic E-state index is 13.7. The van der Waals surface area contributed by atoms with Crippen LogP contribution in [0, 0.1) is 19.7 Å². The zero-order valence-electron chi connectivity index (χ0n) is 19.0. The lowest BCUT2D eigenvalue weighted by Gasteiger charge is -2.25. The molecule has 2 heterocycles. The fourth-order valence-electron chi connectivity index (χ4n) is 4.03. The van der Waals surface area contributed by atoms with Crippen molar-refractivity contribution in [2.24, 2.45) is 0 Å². The number of imide groups is 1. The standard InChI is InChI=1S/C27H26FN3O2/c1-4-30(16-13-20-11-14-29-15-12-20)25-24(21-6-5-18(2)19(3)17-21)26(32)31(27(25)33)23-9-7-22(28)8-10-23/h5-12,14-15,17H,4,13,16H2,1-3H3. The van der Waals surface area contributed by atoms with Gasteiger partial charge in [-0.2, -0.15) is 0 Å². The van der Waals surface area contributed by atoms with E-state index in [1.54, 1.807) is 12.4 Å². The minimum atomic E-state index is -0.423. The number of carbonyl (C=O) groups is 2. The lowest BCUT2D eigenvalue weighted by atomic mass is 9.99. The Bertz CT molecular complexity index is 1220. The summed E-state index contributed by atoms with van der Waals surface area (Å²) in [7, 11) is 0. The Morgan fingerprint density at radius 3 is 2.24 bits per heavy atom. The Kier molecular flexibility index (Phi) is 6.36. The number of rotatable bonds is 7. The highest BCUT2D eigenvalue weighted by atomic mass is 19.1. The van der Waals surface area contributed by atoms with E-state index in [4.69, 9.17) is 0 Å². The number of hydrogen-bond donors (Lipinski definition) is 0. The smallest absolute Gasteiger partial charge is 0.282 e. The summed E-state index contributed by atoms with van der Waals surface area (Å²) in [6.45, 7) is 7.09. The zero-order chi connectivity index (χ0) is 23.5. The molecule has 1 aliphatic rings. The average molecular weight is 444 g/mol. The van der Waals surface area contributed by atoms with Gasteiger partial charge in [0, 0.05) is 25.5 Å². The van der Waals surface area contributed by atoms with Gasteiger partial charge in [0.1, 0.15) is 11.5 Å². The molecule has 5 nitrogen and oxygen atoms in total. The normalized spacial score (nSPS) is 13.8. The predicted molar refractivity (Wildman–Crippen MR) is 127 cm³/mol. The van der Waals surface area contributed by atoms with Gasteiger partial charge in [-0.05, 0) is 85.8 Å². The van der Waals surface area contributed by atoms with Crippen LogP contribution in [0.5, 0.6) is 0 Å². The summed E-state index contributed by atoms with van der Waals surface area (Å²) in [5, 5.41) is 0. The van der Waals surface area contributed by atoms with E-state index >= 15 is 0 Å². The minimum Gasteiger partial charge on any atom is -0.366 e. The molecule has 33 heavy (non-hydrogen) atoms. The van der Waals surface area contributed by atoms with Crippen molar-refractivity contribution in [1.29, 1.82) is 0 Å². The number of hydrogen-bond acceptors (Lipinski definition) is 4. The van der Waals surface area contributed by atoms with Crippen LogP contribution in [0.15, 0.2) is 72.7 Å². The zero-order valence-corrected chi connectivity index (χ0v) is 19.0. The van der Waals surface area contributed by atoms with Crippen LogP contribution in [0.3, 0.4) is 0 Å². The molecule has 6 heteroatoms. The molecule has 0 radical (unpaired) electrons. The highest BCUT2D eigenvalue weighted by Gasteiger charge is 2.42. The molecule has 0 atom stereocenters. The van der Waals surface area contributed by atoms with Gasteiger partial charge in [0.15, 0.2) is 0 Å². The van der Waals surface area contributed by atoms with Gasteiger partial charge in [0.05, 0.1) is 11.3 Å². The Morgan fingerprint density at radius 1 is 0.909 bits per heavy atom. The number of likely N-dealkylation sites (N-methyl/N-ethyl adjacent to an activating group) is 1. The van der Waals surface area contributed by atoms with Crippen molar-refractivity contribution in [3.05, 3.63) is 101 Å². The average Bonchev–Trinajstić information content (AvgIpc) is 3.07. The molecule has 2 aromatic carbocycles. The van der Waals surface area contributed by atoms with E-state index in [0.29, 0.717) is 42.0 Å². The van der Waals surface area contributed by atoms with Crippen molar-refractivity contribution in [3.63, 3.8) is 0 Å². The number of pyridine rings is 1. The quantitative estimate of drug-likeness (QED) is 0.498. The first-order chi connectivity index (χ1) is 15.9. The Morgan fingerprint density at radius 2 is 1.61 bits per heavy atom. The summed E-state index contributed by atoms with van der Waals surface area (Å²) < 4.78 is 13.5. The first kappa shape index (κ1) is 22.4. The molecular weight excluding hydrogens is 417 g/mol. The minimum absolute atomic E-state index is 0.355. The monoisotopic (exact) mass is 443 g/mol. The maximum atomic E-state index is 13.7. The molecule has 0 unspecified atom stereocenters. The van der Waals surface area contributed by atoms with E-state index in [0.717, 1.165) is 21.6 Å². The molecule has 0 bridgehead atoms. The van der Waals surface area contributed by atoms with Crippen LogP contribution in [0.4, 0.5) is 10.1 Å². The molecule has 3 aromatic rings. The van der Waals surface area contributed by atoms with Gasteiger partial charge in [0.2, 0.25) is 0 Å². The summed E-state index contributed by atoms with van der Waals surface area (Å²) in [5.41, 5.74) is 5.07. The third-order valence-electron chi connectivity index (χ3n) is 6.06. The Labute approximate surface area is 193 Å². The number of aromatic nitrogens is 1. The van der Waals surface area contributed by atoms with Gasteiger partial charge in [-0.15, -0.1) is 0 Å². The van der Waals surface area contributed by atoms with E-state index in [9.17, 15) is 14.0 Å². The number of anilines is 1. The van der Waals surface area contributed by atoms with Gasteiger partial charge < -0.3 is 4.90 Å². The van der Waals surface area contributed by atoms with Crippen LogP contribution in [-0.4, -0.2) is 34.8 Å². The fourth-order valence-corrected chi connectivity index (χ4v) is 4.03. The molecule has 0 saturated heterocycles. The SMILES string of the molecule is CCN(CCc1ccncc1)C1=C(c2ccc(C)c(C)c2)C(=O)N(c2ccc(F)cc2)C1=O. The third-order valence-corrected chi connectivity index (χ3v) is 6.06. The molecule has 168 valence electrons. The molecule has 4 rings (SSSR count). The van der Waals surface area contributed by atoms with Crippen molar-refractivity contribution in [2.45, 2.75) is 27.2 Å². The second kappa shape index (κ2) is 9.36. The second-order valence-electron chi connectivity index (χ2n) is 8.13. The Hall–Kier alpha value is -3.80. The summed E-state index contributed by atoms with van der Waals surface area (Å²) in [4.78, 5) is 34.4. The highest BCUT2D eigenvalue weighted by Crippen LogP contribution is 2.35. The number of aryl methyl sites for hydroxylation is 2.